The summed E-state index contributed by atoms with van der Waals surface area (Å²) in [4.78, 5) is 23.5. The molecule has 146 valence electrons. The van der Waals surface area contributed by atoms with E-state index in [0.29, 0.717) is 0 Å². The van der Waals surface area contributed by atoms with Crippen molar-refractivity contribution in [1.82, 2.24) is 0 Å². The van der Waals surface area contributed by atoms with Gasteiger partial charge in [0.1, 0.15) is 15.8 Å². The lowest BCUT2D eigenvalue weighted by Gasteiger charge is -2.17. The van der Waals surface area contributed by atoms with Gasteiger partial charge < -0.3 is 9.47 Å². The Kier molecular flexibility index (Phi) is 5.60. The lowest BCUT2D eigenvalue weighted by atomic mass is 10.1. The Balaban J connectivity index is 2.46. The van der Waals surface area contributed by atoms with Crippen molar-refractivity contribution < 1.29 is 40.8 Å². The molecule has 0 aliphatic rings. The molecule has 0 spiro atoms. The Morgan fingerprint density at radius 2 is 1.37 bits per heavy atom. The van der Waals surface area contributed by atoms with Gasteiger partial charge in [-0.25, -0.2) is 4.79 Å². The van der Waals surface area contributed by atoms with Gasteiger partial charge in [-0.1, -0.05) is 40.2 Å². The number of hydrogen-bond donors (Lipinski definition) is 1. The maximum Gasteiger partial charge on any atom is 0.466 e. The number of esters is 2. The minimum atomic E-state index is -6.00. The molecule has 11 heteroatoms. The van der Waals surface area contributed by atoms with Gasteiger partial charge in [0.2, 0.25) is 0 Å². The Morgan fingerprint density at radius 1 is 0.963 bits per heavy atom. The van der Waals surface area contributed by atoms with Crippen LogP contribution in [0.25, 0.3) is 10.8 Å². The number of alkyl halides is 3. The van der Waals surface area contributed by atoms with Gasteiger partial charge in [-0.15, -0.1) is 0 Å². The first-order chi connectivity index (χ1) is 12.2. The van der Waals surface area contributed by atoms with Crippen LogP contribution in [0.3, 0.4) is 0 Å². The van der Waals surface area contributed by atoms with Gasteiger partial charge in [0.25, 0.3) is 0 Å². The summed E-state index contributed by atoms with van der Waals surface area (Å²) in [5.41, 5.74) is 0. The summed E-state index contributed by atoms with van der Waals surface area (Å²) in [6.07, 6.45) is 0. The summed E-state index contributed by atoms with van der Waals surface area (Å²) in [5, 5.41) is -4.78. The SMILES string of the molecule is CC(C)(Br)C(=O)Oc1ccc(OC(=O)C(F)(F)S(=O)(=O)O)c2ccccc12. The fourth-order valence-corrected chi connectivity index (χ4v) is 2.24. The Hall–Kier alpha value is -2.11. The number of rotatable bonds is 5. The van der Waals surface area contributed by atoms with E-state index in [4.69, 9.17) is 9.29 Å². The number of benzene rings is 2. The van der Waals surface area contributed by atoms with Gasteiger partial charge in [-0.05, 0) is 26.0 Å². The molecule has 0 saturated heterocycles. The molecule has 27 heavy (non-hydrogen) atoms. The van der Waals surface area contributed by atoms with Crippen molar-refractivity contribution in [3.05, 3.63) is 36.4 Å². The number of hydrogen-bond acceptors (Lipinski definition) is 6. The Labute approximate surface area is 161 Å². The first-order valence-electron chi connectivity index (χ1n) is 7.25. The van der Waals surface area contributed by atoms with E-state index in [2.05, 4.69) is 20.7 Å². The van der Waals surface area contributed by atoms with E-state index in [9.17, 15) is 26.8 Å². The summed E-state index contributed by atoms with van der Waals surface area (Å²) < 4.78 is 65.4. The van der Waals surface area contributed by atoms with Crippen molar-refractivity contribution in [3.8, 4) is 11.5 Å². The summed E-state index contributed by atoms with van der Waals surface area (Å²) >= 11 is 3.15. The molecule has 0 unspecified atom stereocenters. The highest BCUT2D eigenvalue weighted by atomic mass is 79.9. The summed E-state index contributed by atoms with van der Waals surface area (Å²) in [5.74, 6) is -3.43. The van der Waals surface area contributed by atoms with Crippen LogP contribution in [-0.4, -0.2) is 34.5 Å². The molecule has 0 fully saturated rings. The highest BCUT2D eigenvalue weighted by molar-refractivity contribution is 9.10. The maximum atomic E-state index is 13.4. The second-order valence-electron chi connectivity index (χ2n) is 5.85. The largest absolute Gasteiger partial charge is 0.466 e. The molecule has 0 radical (unpaired) electrons. The van der Waals surface area contributed by atoms with Gasteiger partial charge in [-0.2, -0.15) is 17.2 Å². The lowest BCUT2D eigenvalue weighted by Crippen LogP contribution is -2.40. The van der Waals surface area contributed by atoms with Crippen LogP contribution in [0.5, 0.6) is 11.5 Å². The van der Waals surface area contributed by atoms with Crippen LogP contribution in [0, 0.1) is 0 Å². The van der Waals surface area contributed by atoms with Gasteiger partial charge in [-0.3, -0.25) is 9.35 Å². The van der Waals surface area contributed by atoms with E-state index in [-0.39, 0.29) is 16.5 Å². The van der Waals surface area contributed by atoms with Crippen LogP contribution in [0.1, 0.15) is 13.8 Å². The van der Waals surface area contributed by atoms with Gasteiger partial charge in [0.15, 0.2) is 0 Å². The van der Waals surface area contributed by atoms with Gasteiger partial charge in [0, 0.05) is 10.8 Å². The molecule has 0 amide bonds. The van der Waals surface area contributed by atoms with Gasteiger partial charge in [0.05, 0.1) is 0 Å². The van der Waals surface area contributed by atoms with Crippen molar-refractivity contribution in [3.63, 3.8) is 0 Å². The van der Waals surface area contributed by atoms with Crippen LogP contribution in [0.4, 0.5) is 8.78 Å². The fourth-order valence-electron chi connectivity index (χ4n) is 1.91. The average molecular weight is 467 g/mol. The third-order valence-electron chi connectivity index (χ3n) is 3.30. The molecule has 0 atom stereocenters. The summed E-state index contributed by atoms with van der Waals surface area (Å²) in [6, 6.07) is 8.20. The van der Waals surface area contributed by atoms with Crippen LogP contribution >= 0.6 is 15.9 Å². The lowest BCUT2D eigenvalue weighted by molar-refractivity contribution is -0.151. The topological polar surface area (TPSA) is 107 Å². The molecular formula is C16H13BrF2O7S. The zero-order valence-corrected chi connectivity index (χ0v) is 16.3. The van der Waals surface area contributed by atoms with Gasteiger partial charge >= 0.3 is 27.3 Å². The van der Waals surface area contributed by atoms with Crippen molar-refractivity contribution in [2.45, 2.75) is 23.4 Å². The van der Waals surface area contributed by atoms with Crippen molar-refractivity contribution in [1.29, 1.82) is 0 Å². The quantitative estimate of drug-likeness (QED) is 0.311. The predicted molar refractivity (Wildman–Crippen MR) is 94.7 cm³/mol. The second-order valence-corrected chi connectivity index (χ2v) is 9.30. The highest BCUT2D eigenvalue weighted by Gasteiger charge is 2.54. The molecule has 0 saturated carbocycles. The molecule has 7 nitrogen and oxygen atoms in total. The molecule has 0 aromatic heterocycles. The maximum absolute atomic E-state index is 13.4. The molecule has 0 aliphatic heterocycles. The van der Waals surface area contributed by atoms with E-state index in [0.717, 1.165) is 6.07 Å². The molecular weight excluding hydrogens is 454 g/mol. The predicted octanol–water partition coefficient (Wildman–Crippen LogP) is 3.30. The number of carbonyl (C=O) groups is 2. The van der Waals surface area contributed by atoms with Crippen molar-refractivity contribution in [2.75, 3.05) is 0 Å². The van der Waals surface area contributed by atoms with Crippen molar-refractivity contribution >= 4 is 48.8 Å². The summed E-state index contributed by atoms with van der Waals surface area (Å²) in [6.45, 7) is 3.12. The fraction of sp³-hybridized carbons (Fsp3) is 0.250. The first kappa shape index (κ1) is 21.2. The standard InChI is InChI=1S/C16H13BrF2O7S/c1-15(2,17)13(20)25-11-7-8-12(10-6-4-3-5-9(10)11)26-14(21)16(18,19)27(22,23)24/h3-8H,1-2H3,(H,22,23,24). The number of halogens is 3. The third kappa shape index (κ3) is 4.42. The zero-order valence-electron chi connectivity index (χ0n) is 13.9. The third-order valence-corrected chi connectivity index (χ3v) is 4.43. The molecule has 0 aliphatic carbocycles. The van der Waals surface area contributed by atoms with Crippen molar-refractivity contribution in [2.24, 2.45) is 0 Å². The number of ether oxygens (including phenoxy) is 2. The van der Waals surface area contributed by atoms with E-state index >= 15 is 0 Å². The minimum Gasteiger partial charge on any atom is -0.425 e. The monoisotopic (exact) mass is 466 g/mol. The smallest absolute Gasteiger partial charge is 0.425 e. The molecule has 2 aromatic carbocycles. The molecule has 0 bridgehead atoms. The zero-order chi connectivity index (χ0) is 20.6. The highest BCUT2D eigenvalue weighted by Crippen LogP contribution is 2.35. The van der Waals surface area contributed by atoms with Crippen LogP contribution in [0.2, 0.25) is 0 Å². The van der Waals surface area contributed by atoms with E-state index in [1.807, 2.05) is 0 Å². The van der Waals surface area contributed by atoms with Crippen LogP contribution in [-0.2, 0) is 19.7 Å². The number of fused-ring (bicyclic) bond motifs is 1. The van der Waals surface area contributed by atoms with E-state index < -0.39 is 37.4 Å². The van der Waals surface area contributed by atoms with E-state index in [1.165, 1.54) is 24.3 Å². The normalized spacial score (nSPS) is 12.7. The summed E-state index contributed by atoms with van der Waals surface area (Å²) in [7, 11) is -6.00. The van der Waals surface area contributed by atoms with Crippen LogP contribution in [0.15, 0.2) is 36.4 Å². The number of carbonyl (C=O) groups excluding carboxylic acids is 2. The first-order valence-corrected chi connectivity index (χ1v) is 9.48. The molecule has 0 heterocycles. The average Bonchev–Trinajstić information content (AvgIpc) is 2.54. The van der Waals surface area contributed by atoms with Crippen LogP contribution < -0.4 is 9.47 Å². The molecule has 1 N–H and O–H groups in total. The molecule has 2 aromatic rings. The Morgan fingerprint density at radius 3 is 1.74 bits per heavy atom. The van der Waals surface area contributed by atoms with E-state index in [1.54, 1.807) is 19.9 Å². The second kappa shape index (κ2) is 7.13. The minimum absolute atomic E-state index is 0.0736. The Bertz CT molecular complexity index is 1010. The molecule has 2 rings (SSSR count).